The molecule has 0 aliphatic heterocycles. The van der Waals surface area contributed by atoms with Gasteiger partial charge in [0.25, 0.3) is 0 Å². The number of benzene rings is 1. The van der Waals surface area contributed by atoms with Gasteiger partial charge in [-0.1, -0.05) is 0 Å². The largest absolute Gasteiger partial charge is 0.391 e. The second-order valence-electron chi connectivity index (χ2n) is 3.00. The molecule has 3 rings (SSSR count). The molecule has 0 saturated carbocycles. The molecule has 1 aromatic carbocycles. The van der Waals surface area contributed by atoms with Gasteiger partial charge in [-0.05, 0) is 40.4 Å². The van der Waals surface area contributed by atoms with Gasteiger partial charge in [-0.3, -0.25) is 0 Å². The van der Waals surface area contributed by atoms with Crippen LogP contribution in [0.1, 0.15) is 0 Å². The van der Waals surface area contributed by atoms with E-state index in [9.17, 15) is 0 Å². The van der Waals surface area contributed by atoms with Crippen molar-refractivity contribution in [3.05, 3.63) is 29.6 Å². The fourth-order valence-electron chi connectivity index (χ4n) is 1.52. The molecule has 0 saturated heterocycles. The van der Waals surface area contributed by atoms with Crippen molar-refractivity contribution in [1.29, 1.82) is 0 Å². The van der Waals surface area contributed by atoms with Crippen LogP contribution in [0.25, 0.3) is 20.2 Å². The number of nitrogen functional groups attached to an aromatic ring is 1. The second kappa shape index (κ2) is 2.47. The highest BCUT2D eigenvalue weighted by Gasteiger charge is 2.01. The van der Waals surface area contributed by atoms with Gasteiger partial charge in [-0.15, -0.1) is 22.7 Å². The number of hydrogen-bond donors (Lipinski definition) is 1. The third-order valence-electron chi connectivity index (χ3n) is 2.11. The van der Waals surface area contributed by atoms with Crippen LogP contribution in [-0.2, 0) is 0 Å². The molecule has 0 aliphatic carbocycles. The first-order chi connectivity index (χ1) is 6.33. The van der Waals surface area contributed by atoms with E-state index < -0.39 is 0 Å². The van der Waals surface area contributed by atoms with Crippen LogP contribution < -0.4 is 5.73 Å². The third kappa shape index (κ3) is 1.04. The zero-order chi connectivity index (χ0) is 8.84. The highest BCUT2D eigenvalue weighted by molar-refractivity contribution is 7.23. The molecule has 0 radical (unpaired) electrons. The molecule has 13 heavy (non-hydrogen) atoms. The zero-order valence-corrected chi connectivity index (χ0v) is 8.41. The Balaban J connectivity index is 2.54. The summed E-state index contributed by atoms with van der Waals surface area (Å²) in [5.74, 6) is 0. The summed E-state index contributed by atoms with van der Waals surface area (Å²) in [7, 11) is 0. The van der Waals surface area contributed by atoms with Crippen LogP contribution in [0.5, 0.6) is 0 Å². The fraction of sp³-hybridized carbons (Fsp3) is 0. The molecule has 0 atom stereocenters. The molecule has 1 nitrogen and oxygen atoms in total. The second-order valence-corrected chi connectivity index (χ2v) is 5.06. The van der Waals surface area contributed by atoms with Gasteiger partial charge in [0.1, 0.15) is 0 Å². The van der Waals surface area contributed by atoms with Crippen LogP contribution in [0.3, 0.4) is 0 Å². The van der Waals surface area contributed by atoms with Crippen molar-refractivity contribution in [2.75, 3.05) is 5.73 Å². The summed E-state index contributed by atoms with van der Waals surface area (Å²) in [6, 6.07) is 8.61. The highest BCUT2D eigenvalue weighted by Crippen LogP contribution is 2.33. The van der Waals surface area contributed by atoms with Crippen LogP contribution in [0, 0.1) is 0 Å². The van der Waals surface area contributed by atoms with Crippen molar-refractivity contribution < 1.29 is 0 Å². The van der Waals surface area contributed by atoms with Crippen LogP contribution in [0.4, 0.5) is 5.00 Å². The Labute approximate surface area is 83.4 Å². The van der Waals surface area contributed by atoms with E-state index in [0.29, 0.717) is 0 Å². The minimum atomic E-state index is 0.896. The lowest BCUT2D eigenvalue weighted by molar-refractivity contribution is 1.98. The standard InChI is InChI=1S/C10H7NS2/c11-10-5-7-4-8-6(1-2-12-8)3-9(7)13-10/h1-5H,11H2. The van der Waals surface area contributed by atoms with Crippen molar-refractivity contribution in [2.45, 2.75) is 0 Å². The van der Waals surface area contributed by atoms with Gasteiger partial charge >= 0.3 is 0 Å². The Morgan fingerprint density at radius 1 is 1.00 bits per heavy atom. The molecule has 64 valence electrons. The number of nitrogens with two attached hydrogens (primary N) is 1. The van der Waals surface area contributed by atoms with Gasteiger partial charge in [0.05, 0.1) is 5.00 Å². The number of hydrogen-bond acceptors (Lipinski definition) is 3. The first kappa shape index (κ1) is 7.35. The molecule has 3 aromatic rings. The van der Waals surface area contributed by atoms with Gasteiger partial charge in [-0.2, -0.15) is 0 Å². The predicted molar refractivity (Wildman–Crippen MR) is 61.6 cm³/mol. The quantitative estimate of drug-likeness (QED) is 0.595. The first-order valence-electron chi connectivity index (χ1n) is 3.99. The molecule has 2 N–H and O–H groups in total. The van der Waals surface area contributed by atoms with Gasteiger partial charge in [-0.25, -0.2) is 0 Å². The summed E-state index contributed by atoms with van der Waals surface area (Å²) < 4.78 is 2.62. The molecule has 2 heterocycles. The number of rotatable bonds is 0. The maximum absolute atomic E-state index is 5.74. The Bertz CT molecular complexity index is 529. The van der Waals surface area contributed by atoms with E-state index in [-0.39, 0.29) is 0 Å². The zero-order valence-electron chi connectivity index (χ0n) is 6.78. The van der Waals surface area contributed by atoms with Crippen LogP contribution in [0.15, 0.2) is 29.6 Å². The third-order valence-corrected chi connectivity index (χ3v) is 3.92. The molecule has 0 amide bonds. The van der Waals surface area contributed by atoms with E-state index in [4.69, 9.17) is 5.73 Å². The SMILES string of the molecule is Nc1cc2cc3sccc3cc2s1. The summed E-state index contributed by atoms with van der Waals surface area (Å²) in [4.78, 5) is 0. The summed E-state index contributed by atoms with van der Waals surface area (Å²) in [6.07, 6.45) is 0. The number of thiophene rings is 2. The molecule has 0 aliphatic rings. The number of anilines is 1. The van der Waals surface area contributed by atoms with E-state index in [0.717, 1.165) is 5.00 Å². The van der Waals surface area contributed by atoms with E-state index in [1.165, 1.54) is 20.2 Å². The van der Waals surface area contributed by atoms with E-state index in [2.05, 4.69) is 23.6 Å². The van der Waals surface area contributed by atoms with Gasteiger partial charge in [0.15, 0.2) is 0 Å². The van der Waals surface area contributed by atoms with Crippen LogP contribution in [-0.4, -0.2) is 0 Å². The molecule has 0 fully saturated rings. The average molecular weight is 205 g/mol. The molecular weight excluding hydrogens is 198 g/mol. The van der Waals surface area contributed by atoms with Crippen LogP contribution >= 0.6 is 22.7 Å². The maximum atomic E-state index is 5.74. The normalized spacial score (nSPS) is 11.4. The van der Waals surface area contributed by atoms with E-state index in [1.807, 2.05) is 6.07 Å². The Morgan fingerprint density at radius 3 is 2.77 bits per heavy atom. The van der Waals surface area contributed by atoms with Crippen LogP contribution in [0.2, 0.25) is 0 Å². The van der Waals surface area contributed by atoms with E-state index in [1.54, 1.807) is 22.7 Å². The lowest BCUT2D eigenvalue weighted by Crippen LogP contribution is -1.72. The Morgan fingerprint density at radius 2 is 1.85 bits per heavy atom. The van der Waals surface area contributed by atoms with Crippen molar-refractivity contribution in [3.63, 3.8) is 0 Å². The minimum absolute atomic E-state index is 0.896. The average Bonchev–Trinajstić information content (AvgIpc) is 2.63. The highest BCUT2D eigenvalue weighted by atomic mass is 32.1. The first-order valence-corrected chi connectivity index (χ1v) is 5.69. The lowest BCUT2D eigenvalue weighted by atomic mass is 10.2. The molecule has 0 unspecified atom stereocenters. The number of fused-ring (bicyclic) bond motifs is 2. The Hall–Kier alpha value is -1.06. The van der Waals surface area contributed by atoms with Crippen molar-refractivity contribution in [3.8, 4) is 0 Å². The fourth-order valence-corrected chi connectivity index (χ4v) is 3.20. The summed E-state index contributed by atoms with van der Waals surface area (Å²) in [5, 5.41) is 5.60. The summed E-state index contributed by atoms with van der Waals surface area (Å²) in [5.41, 5.74) is 5.74. The topological polar surface area (TPSA) is 26.0 Å². The molecule has 0 bridgehead atoms. The molecule has 2 aromatic heterocycles. The maximum Gasteiger partial charge on any atom is 0.0868 e. The lowest BCUT2D eigenvalue weighted by Gasteiger charge is -1.89. The smallest absolute Gasteiger partial charge is 0.0868 e. The van der Waals surface area contributed by atoms with Crippen molar-refractivity contribution in [2.24, 2.45) is 0 Å². The van der Waals surface area contributed by atoms with E-state index >= 15 is 0 Å². The van der Waals surface area contributed by atoms with Gasteiger partial charge < -0.3 is 5.73 Å². The summed E-state index contributed by atoms with van der Waals surface area (Å²) in [6.45, 7) is 0. The summed E-state index contributed by atoms with van der Waals surface area (Å²) >= 11 is 3.43. The van der Waals surface area contributed by atoms with Gasteiger partial charge in [0, 0.05) is 9.40 Å². The van der Waals surface area contributed by atoms with Crippen molar-refractivity contribution in [1.82, 2.24) is 0 Å². The van der Waals surface area contributed by atoms with Crippen molar-refractivity contribution >= 4 is 47.8 Å². The predicted octanol–water partition coefficient (Wildman–Crippen LogP) is 3.70. The Kier molecular flexibility index (Phi) is 1.39. The van der Waals surface area contributed by atoms with Gasteiger partial charge in [0.2, 0.25) is 0 Å². The minimum Gasteiger partial charge on any atom is -0.391 e. The molecule has 0 spiro atoms. The monoisotopic (exact) mass is 205 g/mol. The molecular formula is C10H7NS2. The molecule has 3 heteroatoms.